The molecule has 0 bridgehead atoms. The number of para-hydroxylation sites is 1. The van der Waals surface area contributed by atoms with Crippen molar-refractivity contribution < 1.29 is 37.1 Å². The van der Waals surface area contributed by atoms with E-state index in [0.29, 0.717) is 31.1 Å². The molecule has 1 aromatic heterocycles. The number of carboxylic acids is 1. The monoisotopic (exact) mass is 675 g/mol. The first-order chi connectivity index (χ1) is 22.5. The Balaban J connectivity index is 0.000000365. The first-order valence-corrected chi connectivity index (χ1v) is 15.7. The number of carboxylic acid groups (broad SMARTS) is 1. The van der Waals surface area contributed by atoms with Crippen LogP contribution in [-0.4, -0.2) is 56.5 Å². The molecule has 5 rings (SSSR count). The molecule has 3 atom stereocenters. The number of amidine groups is 1. The molecule has 0 fully saturated rings. The summed E-state index contributed by atoms with van der Waals surface area (Å²) in [5.41, 5.74) is 6.08. The number of fused-ring (bicyclic) bond motifs is 3. The smallest absolute Gasteiger partial charge is 0.418 e. The maximum Gasteiger partial charge on any atom is 0.418 e. The highest BCUT2D eigenvalue weighted by molar-refractivity contribution is 6.34. The van der Waals surface area contributed by atoms with E-state index in [1.54, 1.807) is 18.2 Å². The summed E-state index contributed by atoms with van der Waals surface area (Å²) in [7, 11) is 0. The summed E-state index contributed by atoms with van der Waals surface area (Å²) >= 11 is 0. The van der Waals surface area contributed by atoms with Crippen molar-refractivity contribution in [2.24, 2.45) is 11.0 Å². The van der Waals surface area contributed by atoms with Crippen molar-refractivity contribution in [1.82, 2.24) is 31.7 Å². The molecule has 3 aromatic rings. The van der Waals surface area contributed by atoms with Gasteiger partial charge in [-0.05, 0) is 69.2 Å². The van der Waals surface area contributed by atoms with E-state index in [-0.39, 0.29) is 46.7 Å². The minimum atomic E-state index is -4.47. The van der Waals surface area contributed by atoms with Gasteiger partial charge < -0.3 is 20.7 Å². The first kappa shape index (κ1) is 36.2. The molecule has 2 aliphatic rings. The number of H-pyrrole nitrogens is 1. The van der Waals surface area contributed by atoms with Gasteiger partial charge in [-0.25, -0.2) is 14.7 Å². The van der Waals surface area contributed by atoms with Gasteiger partial charge in [-0.15, -0.1) is 10.2 Å². The summed E-state index contributed by atoms with van der Waals surface area (Å²) in [6.45, 7) is 9.53. The average molecular weight is 676 g/mol. The lowest BCUT2D eigenvalue weighted by Gasteiger charge is -2.29. The van der Waals surface area contributed by atoms with Crippen LogP contribution < -0.4 is 21.6 Å². The van der Waals surface area contributed by atoms with Crippen molar-refractivity contribution in [3.63, 3.8) is 0 Å². The van der Waals surface area contributed by atoms with Gasteiger partial charge >= 0.3 is 12.1 Å². The van der Waals surface area contributed by atoms with Crippen LogP contribution in [0.15, 0.2) is 47.6 Å². The van der Waals surface area contributed by atoms with Crippen LogP contribution in [0.1, 0.15) is 69.8 Å². The van der Waals surface area contributed by atoms with E-state index in [1.807, 2.05) is 34.6 Å². The number of alkyl halides is 3. The fraction of sp³-hybridized carbons (Fsp3) is 0.455. The van der Waals surface area contributed by atoms with E-state index in [0.717, 1.165) is 17.3 Å². The highest BCUT2D eigenvalue weighted by atomic mass is 19.4. The van der Waals surface area contributed by atoms with Crippen LogP contribution in [0.25, 0.3) is 10.9 Å². The number of nitrogens with zero attached hydrogens (tertiary/aromatic N) is 2. The van der Waals surface area contributed by atoms with Gasteiger partial charge in [0.1, 0.15) is 11.9 Å². The van der Waals surface area contributed by atoms with Crippen molar-refractivity contribution in [3.05, 3.63) is 70.7 Å². The number of hydrogen-bond acceptors (Lipinski definition) is 7. The minimum Gasteiger partial charge on any atom is -0.475 e. The normalized spacial score (nSPS) is 17.5. The summed E-state index contributed by atoms with van der Waals surface area (Å²) in [4.78, 5) is 39.2. The Hall–Kier alpha value is -4.66. The molecule has 6 N–H and O–H groups in total. The number of aliphatic carboxylic acids is 1. The van der Waals surface area contributed by atoms with Gasteiger partial charge in [0.2, 0.25) is 17.6 Å². The van der Waals surface area contributed by atoms with Crippen LogP contribution in [0.2, 0.25) is 0 Å². The molecule has 48 heavy (non-hydrogen) atoms. The van der Waals surface area contributed by atoms with Gasteiger partial charge in [0, 0.05) is 17.1 Å². The molecular weight excluding hydrogens is 634 g/mol. The predicted molar refractivity (Wildman–Crippen MR) is 172 cm³/mol. The van der Waals surface area contributed by atoms with Crippen molar-refractivity contribution >= 4 is 34.5 Å². The van der Waals surface area contributed by atoms with E-state index < -0.39 is 35.5 Å². The number of aryl methyl sites for hydroxylation is 1. The highest BCUT2D eigenvalue weighted by Crippen LogP contribution is 2.38. The molecule has 2 aromatic carbocycles. The summed E-state index contributed by atoms with van der Waals surface area (Å²) in [5.74, 6) is -2.63. The van der Waals surface area contributed by atoms with E-state index in [1.165, 1.54) is 23.3 Å². The zero-order chi connectivity index (χ0) is 35.4. The van der Waals surface area contributed by atoms with E-state index in [2.05, 4.69) is 31.7 Å². The van der Waals surface area contributed by atoms with Crippen molar-refractivity contribution in [2.45, 2.75) is 90.5 Å². The number of hydrazone groups is 1. The van der Waals surface area contributed by atoms with Gasteiger partial charge in [0.25, 0.3) is 0 Å². The third-order valence-electron chi connectivity index (χ3n) is 8.35. The SMILES string of the molecule is CC(C)(C)N1NN=C(C(=O)O)N1.CCC(C)[C@H](NC(=O)Cc1ccccc1F)C(=O)N[C@@H]1CCc2[nH]c3c(C(F)(F)F)cccc3c2C1. The number of carbonyl (C=O) groups excluding carboxylic acids is 2. The van der Waals surface area contributed by atoms with Gasteiger partial charge in [-0.2, -0.15) is 13.2 Å². The van der Waals surface area contributed by atoms with E-state index in [4.69, 9.17) is 5.11 Å². The molecule has 1 aliphatic carbocycles. The average Bonchev–Trinajstić information content (AvgIpc) is 3.66. The number of hydrogen-bond donors (Lipinski definition) is 6. The number of hydrazine groups is 2. The van der Waals surface area contributed by atoms with E-state index >= 15 is 0 Å². The van der Waals surface area contributed by atoms with Crippen LogP contribution in [0.4, 0.5) is 17.6 Å². The molecule has 260 valence electrons. The predicted octanol–water partition coefficient (Wildman–Crippen LogP) is 4.58. The number of benzene rings is 2. The number of rotatable bonds is 8. The minimum absolute atomic E-state index is 0.0693. The first-order valence-electron chi connectivity index (χ1n) is 15.7. The molecule has 15 heteroatoms. The Labute approximate surface area is 275 Å². The van der Waals surface area contributed by atoms with E-state index in [9.17, 15) is 31.9 Å². The van der Waals surface area contributed by atoms with Gasteiger partial charge in [-0.3, -0.25) is 15.0 Å². The molecule has 2 heterocycles. The van der Waals surface area contributed by atoms with Crippen molar-refractivity contribution in [2.75, 3.05) is 0 Å². The molecule has 1 unspecified atom stereocenters. The quantitative estimate of drug-likeness (QED) is 0.191. The molecular formula is C33H41F4N7O4. The second kappa shape index (κ2) is 14.6. The van der Waals surface area contributed by atoms with Crippen LogP contribution >= 0.6 is 0 Å². The molecule has 1 aliphatic heterocycles. The molecule has 0 radical (unpaired) electrons. The lowest BCUT2D eigenvalue weighted by Crippen LogP contribution is -2.53. The fourth-order valence-corrected chi connectivity index (χ4v) is 5.50. The molecule has 0 spiro atoms. The third kappa shape index (κ3) is 8.62. The second-order valence-electron chi connectivity index (χ2n) is 12.9. The standard InChI is InChI=1S/C27H29F4N3O2.C6H12N4O2/c1-3-15(2)24(34-23(35)13-16-7-4-5-10-21(16)28)26(36)32-17-11-12-22-19(14-17)18-8-6-9-20(25(18)33-22)27(29,30)31;1-6(2,3)10-8-4(5(11)12)7-9-10/h4-10,15,17,24,33H,3,11-14H2,1-2H3,(H,32,36)(H,34,35);9H,1-3H3,(H,7,8)(H,11,12)/t15?,17-,24+;/m1./s1. The van der Waals surface area contributed by atoms with Crippen LogP contribution in [0.3, 0.4) is 0 Å². The van der Waals surface area contributed by atoms with Crippen LogP contribution in [0, 0.1) is 11.7 Å². The Morgan fingerprint density at radius 1 is 1.10 bits per heavy atom. The maximum atomic E-state index is 14.0. The van der Waals surface area contributed by atoms with Crippen molar-refractivity contribution in [1.29, 1.82) is 0 Å². The number of nitrogens with one attached hydrogen (secondary N) is 5. The number of halogens is 4. The Bertz CT molecular complexity index is 1680. The lowest BCUT2D eigenvalue weighted by molar-refractivity contribution is -0.136. The van der Waals surface area contributed by atoms with Crippen LogP contribution in [-0.2, 0) is 39.8 Å². The zero-order valence-corrected chi connectivity index (χ0v) is 27.4. The van der Waals surface area contributed by atoms with Gasteiger partial charge in [0.15, 0.2) is 0 Å². The zero-order valence-electron chi connectivity index (χ0n) is 27.4. The topological polar surface area (TPSA) is 151 Å². The Morgan fingerprint density at radius 3 is 2.40 bits per heavy atom. The summed E-state index contributed by atoms with van der Waals surface area (Å²) in [6, 6.07) is 9.01. The van der Waals surface area contributed by atoms with Gasteiger partial charge in [0.05, 0.1) is 23.0 Å². The maximum absolute atomic E-state index is 14.0. The molecule has 0 saturated heterocycles. The molecule has 11 nitrogen and oxygen atoms in total. The summed E-state index contributed by atoms with van der Waals surface area (Å²) in [5, 5.41) is 19.9. The Morgan fingerprint density at radius 2 is 1.81 bits per heavy atom. The third-order valence-corrected chi connectivity index (χ3v) is 8.35. The van der Waals surface area contributed by atoms with Crippen LogP contribution in [0.5, 0.6) is 0 Å². The van der Waals surface area contributed by atoms with Crippen molar-refractivity contribution in [3.8, 4) is 0 Å². The highest BCUT2D eigenvalue weighted by Gasteiger charge is 2.35. The second-order valence-corrected chi connectivity index (χ2v) is 12.9. The number of aromatic nitrogens is 1. The number of aromatic amines is 1. The largest absolute Gasteiger partial charge is 0.475 e. The Kier molecular flexibility index (Phi) is 11.0. The summed E-state index contributed by atoms with van der Waals surface area (Å²) < 4.78 is 54.3. The molecule has 2 amide bonds. The summed E-state index contributed by atoms with van der Waals surface area (Å²) in [6.07, 6.45) is -2.57. The number of carbonyl (C=O) groups is 3. The number of amides is 2. The van der Waals surface area contributed by atoms with Gasteiger partial charge in [-0.1, -0.05) is 50.6 Å². The fourth-order valence-electron chi connectivity index (χ4n) is 5.50. The lowest BCUT2D eigenvalue weighted by atomic mass is 9.90. The molecule has 0 saturated carbocycles.